The van der Waals surface area contributed by atoms with Crippen molar-refractivity contribution in [3.8, 4) is 0 Å². The van der Waals surface area contributed by atoms with E-state index in [1.165, 1.54) is 24.8 Å². The van der Waals surface area contributed by atoms with E-state index in [0.717, 1.165) is 55.1 Å². The van der Waals surface area contributed by atoms with Gasteiger partial charge in [0.2, 0.25) is 0 Å². The molecule has 0 atom stereocenters. The number of hydrogen-bond donors (Lipinski definition) is 2. The van der Waals surface area contributed by atoms with Crippen molar-refractivity contribution in [3.63, 3.8) is 0 Å². The highest BCUT2D eigenvalue weighted by atomic mass is 32.1. The van der Waals surface area contributed by atoms with Gasteiger partial charge in [-0.15, -0.1) is 11.3 Å². The molecule has 2 N–H and O–H groups in total. The van der Waals surface area contributed by atoms with Crippen molar-refractivity contribution in [1.82, 2.24) is 20.6 Å². The molecule has 0 unspecified atom stereocenters. The van der Waals surface area contributed by atoms with Crippen molar-refractivity contribution in [3.05, 3.63) is 40.0 Å². The summed E-state index contributed by atoms with van der Waals surface area (Å²) in [6, 6.07) is 4.23. The van der Waals surface area contributed by atoms with Gasteiger partial charge in [0.1, 0.15) is 5.82 Å². The lowest BCUT2D eigenvalue weighted by molar-refractivity contribution is 0.573. The molecular formula is C20H30N6S. The number of aromatic nitrogens is 2. The molecule has 2 aromatic heterocycles. The van der Waals surface area contributed by atoms with Crippen LogP contribution < -0.4 is 15.5 Å². The molecule has 1 fully saturated rings. The lowest BCUT2D eigenvalue weighted by atomic mass is 10.1. The summed E-state index contributed by atoms with van der Waals surface area (Å²) in [5, 5.41) is 9.96. The van der Waals surface area contributed by atoms with Gasteiger partial charge in [-0.05, 0) is 50.8 Å². The summed E-state index contributed by atoms with van der Waals surface area (Å²) in [5.74, 6) is 1.93. The first-order valence-corrected chi connectivity index (χ1v) is 10.8. The van der Waals surface area contributed by atoms with Crippen LogP contribution >= 0.6 is 11.3 Å². The number of piperidine rings is 1. The maximum atomic E-state index is 4.74. The normalized spacial score (nSPS) is 15.0. The Bertz CT molecular complexity index is 736. The summed E-state index contributed by atoms with van der Waals surface area (Å²) in [4.78, 5) is 16.2. The maximum absolute atomic E-state index is 4.74. The smallest absolute Gasteiger partial charge is 0.191 e. The molecule has 0 aromatic carbocycles. The Morgan fingerprint density at radius 2 is 2.11 bits per heavy atom. The lowest BCUT2D eigenvalue weighted by Crippen LogP contribution is -2.38. The van der Waals surface area contributed by atoms with E-state index in [1.54, 1.807) is 11.3 Å². The number of nitrogens with one attached hydrogen (secondary N) is 2. The van der Waals surface area contributed by atoms with Crippen LogP contribution in [0.3, 0.4) is 0 Å². The monoisotopic (exact) mass is 386 g/mol. The average Bonchev–Trinajstić information content (AvgIpc) is 3.12. The van der Waals surface area contributed by atoms with E-state index in [2.05, 4.69) is 49.9 Å². The summed E-state index contributed by atoms with van der Waals surface area (Å²) in [6.07, 6.45) is 6.66. The lowest BCUT2D eigenvalue weighted by Gasteiger charge is -2.27. The number of aryl methyl sites for hydroxylation is 1. The van der Waals surface area contributed by atoms with Crippen molar-refractivity contribution >= 4 is 23.1 Å². The number of nitrogens with zero attached hydrogens (tertiary/aromatic N) is 4. The average molecular weight is 387 g/mol. The third-order valence-corrected chi connectivity index (χ3v) is 5.42. The molecule has 1 saturated heterocycles. The summed E-state index contributed by atoms with van der Waals surface area (Å²) in [5.41, 5.74) is 2.33. The van der Waals surface area contributed by atoms with Crippen LogP contribution in [0, 0.1) is 6.92 Å². The number of guanidine groups is 1. The number of thiazole rings is 1. The summed E-state index contributed by atoms with van der Waals surface area (Å²) >= 11 is 1.70. The molecule has 1 aliphatic rings. The predicted molar refractivity (Wildman–Crippen MR) is 114 cm³/mol. The SMILES string of the molecule is CCNC(=NCc1ccnc(N2CCCCC2)c1)NCCc1csc(C)n1. The van der Waals surface area contributed by atoms with E-state index in [4.69, 9.17) is 4.99 Å². The minimum absolute atomic E-state index is 0.647. The minimum atomic E-state index is 0.647. The summed E-state index contributed by atoms with van der Waals surface area (Å²) in [7, 11) is 0. The minimum Gasteiger partial charge on any atom is -0.357 e. The number of hydrogen-bond acceptors (Lipinski definition) is 5. The van der Waals surface area contributed by atoms with Gasteiger partial charge in [0.25, 0.3) is 0 Å². The molecule has 3 rings (SSSR count). The van der Waals surface area contributed by atoms with Crippen molar-refractivity contribution in [2.45, 2.75) is 46.1 Å². The van der Waals surface area contributed by atoms with Crippen molar-refractivity contribution < 1.29 is 0 Å². The fraction of sp³-hybridized carbons (Fsp3) is 0.550. The Labute approximate surface area is 166 Å². The molecule has 0 spiro atoms. The van der Waals surface area contributed by atoms with Crippen LogP contribution in [0.1, 0.15) is 42.5 Å². The fourth-order valence-corrected chi connectivity index (χ4v) is 3.85. The maximum Gasteiger partial charge on any atom is 0.191 e. The van der Waals surface area contributed by atoms with Crippen LogP contribution in [-0.2, 0) is 13.0 Å². The second kappa shape index (κ2) is 10.3. The van der Waals surface area contributed by atoms with Crippen LogP contribution in [0.5, 0.6) is 0 Å². The molecule has 146 valence electrons. The molecule has 0 saturated carbocycles. The van der Waals surface area contributed by atoms with E-state index in [0.29, 0.717) is 6.54 Å². The number of anilines is 1. The first kappa shape index (κ1) is 19.6. The highest BCUT2D eigenvalue weighted by Crippen LogP contribution is 2.18. The zero-order valence-corrected chi connectivity index (χ0v) is 17.2. The van der Waals surface area contributed by atoms with Crippen LogP contribution in [0.25, 0.3) is 0 Å². The molecule has 0 bridgehead atoms. The Morgan fingerprint density at radius 3 is 2.85 bits per heavy atom. The molecular weight excluding hydrogens is 356 g/mol. The standard InChI is InChI=1S/C20H30N6S/c1-3-21-20(23-10-8-18-15-27-16(2)25-18)24-14-17-7-9-22-19(13-17)26-11-5-4-6-12-26/h7,9,13,15H,3-6,8,10-12,14H2,1-2H3,(H2,21,23,24). The van der Waals surface area contributed by atoms with Crippen molar-refractivity contribution in [1.29, 1.82) is 0 Å². The molecule has 6 nitrogen and oxygen atoms in total. The zero-order valence-electron chi connectivity index (χ0n) is 16.4. The Morgan fingerprint density at radius 1 is 1.26 bits per heavy atom. The van der Waals surface area contributed by atoms with E-state index in [-0.39, 0.29) is 0 Å². The van der Waals surface area contributed by atoms with Gasteiger partial charge in [-0.3, -0.25) is 0 Å². The molecule has 3 heterocycles. The molecule has 0 amide bonds. The van der Waals surface area contributed by atoms with Gasteiger partial charge in [0.05, 0.1) is 17.2 Å². The summed E-state index contributed by atoms with van der Waals surface area (Å²) in [6.45, 7) is 8.66. The van der Waals surface area contributed by atoms with Crippen molar-refractivity contribution in [2.75, 3.05) is 31.1 Å². The van der Waals surface area contributed by atoms with Gasteiger partial charge in [-0.1, -0.05) is 0 Å². The van der Waals surface area contributed by atoms with Gasteiger partial charge in [-0.25, -0.2) is 15.0 Å². The number of pyridine rings is 1. The Balaban J connectivity index is 1.55. The molecule has 0 aliphatic carbocycles. The van der Waals surface area contributed by atoms with Crippen LogP contribution in [0.2, 0.25) is 0 Å². The topological polar surface area (TPSA) is 65.4 Å². The van der Waals surface area contributed by atoms with E-state index in [1.807, 2.05) is 13.1 Å². The van der Waals surface area contributed by atoms with Crippen LogP contribution in [0.15, 0.2) is 28.7 Å². The van der Waals surface area contributed by atoms with E-state index < -0.39 is 0 Å². The van der Waals surface area contributed by atoms with Gasteiger partial charge >= 0.3 is 0 Å². The third-order valence-electron chi connectivity index (χ3n) is 4.59. The second-order valence-electron chi connectivity index (χ2n) is 6.80. The van der Waals surface area contributed by atoms with Gasteiger partial charge in [0.15, 0.2) is 5.96 Å². The van der Waals surface area contributed by atoms with Gasteiger partial charge < -0.3 is 15.5 Å². The van der Waals surface area contributed by atoms with Gasteiger partial charge in [-0.2, -0.15) is 0 Å². The highest BCUT2D eigenvalue weighted by Gasteiger charge is 2.12. The first-order chi connectivity index (χ1) is 13.2. The highest BCUT2D eigenvalue weighted by molar-refractivity contribution is 7.09. The Hall–Kier alpha value is -2.15. The third kappa shape index (κ3) is 6.20. The molecule has 7 heteroatoms. The second-order valence-corrected chi connectivity index (χ2v) is 7.86. The molecule has 27 heavy (non-hydrogen) atoms. The van der Waals surface area contributed by atoms with Crippen LogP contribution in [-0.4, -0.2) is 42.1 Å². The molecule has 1 aliphatic heterocycles. The zero-order chi connectivity index (χ0) is 18.9. The quantitative estimate of drug-likeness (QED) is 0.565. The predicted octanol–water partition coefficient (Wildman–Crippen LogP) is 3.13. The fourth-order valence-electron chi connectivity index (χ4n) is 3.20. The van der Waals surface area contributed by atoms with Gasteiger partial charge in [0, 0.05) is 44.2 Å². The van der Waals surface area contributed by atoms with E-state index in [9.17, 15) is 0 Å². The van der Waals surface area contributed by atoms with Crippen molar-refractivity contribution in [2.24, 2.45) is 4.99 Å². The van der Waals surface area contributed by atoms with Crippen LogP contribution in [0.4, 0.5) is 5.82 Å². The summed E-state index contributed by atoms with van der Waals surface area (Å²) < 4.78 is 0. The Kier molecular flexibility index (Phi) is 7.45. The largest absolute Gasteiger partial charge is 0.357 e. The molecule has 0 radical (unpaired) electrons. The van der Waals surface area contributed by atoms with E-state index >= 15 is 0 Å². The number of rotatable bonds is 7. The first-order valence-electron chi connectivity index (χ1n) is 9.87. The molecule has 2 aromatic rings. The number of aliphatic imine (C=N–C) groups is 1.